The minimum Gasteiger partial charge on any atom is -0.324 e. The largest absolute Gasteiger partial charge is 0.324 e. The van der Waals surface area contributed by atoms with Crippen LogP contribution in [0.25, 0.3) is 0 Å². The summed E-state index contributed by atoms with van der Waals surface area (Å²) in [6.07, 6.45) is 1.01. The van der Waals surface area contributed by atoms with Gasteiger partial charge in [0.05, 0.1) is 22.4 Å². The summed E-state index contributed by atoms with van der Waals surface area (Å²) >= 11 is 0. The van der Waals surface area contributed by atoms with E-state index in [-0.39, 0.29) is 11.4 Å². The molecule has 2 aromatic carbocycles. The van der Waals surface area contributed by atoms with Crippen LogP contribution in [0.1, 0.15) is 17.2 Å². The highest BCUT2D eigenvalue weighted by atomic mass is 32.2. The summed E-state index contributed by atoms with van der Waals surface area (Å²) in [5.41, 5.74) is 0.906. The van der Waals surface area contributed by atoms with Crippen LogP contribution in [-0.2, 0) is 14.8 Å². The first-order valence-corrected chi connectivity index (χ1v) is 9.50. The molecule has 8 nitrogen and oxygen atoms in total. The summed E-state index contributed by atoms with van der Waals surface area (Å²) in [5, 5.41) is 13.7. The monoisotopic (exact) mass is 377 g/mol. The molecule has 138 valence electrons. The van der Waals surface area contributed by atoms with E-state index in [4.69, 9.17) is 0 Å². The fourth-order valence-corrected chi connectivity index (χ4v) is 3.11. The van der Waals surface area contributed by atoms with Crippen LogP contribution >= 0.6 is 0 Å². The average Bonchev–Trinajstić information content (AvgIpc) is 2.56. The van der Waals surface area contributed by atoms with Gasteiger partial charge >= 0.3 is 0 Å². The Hall–Kier alpha value is -2.78. The van der Waals surface area contributed by atoms with Crippen molar-refractivity contribution in [3.63, 3.8) is 0 Å². The highest BCUT2D eigenvalue weighted by Crippen LogP contribution is 2.28. The molecule has 0 aliphatic heterocycles. The number of amides is 1. The van der Waals surface area contributed by atoms with E-state index in [2.05, 4.69) is 5.32 Å². The topological polar surface area (TPSA) is 110 Å². The first-order chi connectivity index (χ1) is 12.1. The van der Waals surface area contributed by atoms with Crippen molar-refractivity contribution in [3.05, 3.63) is 69.8 Å². The summed E-state index contributed by atoms with van der Waals surface area (Å²) in [6, 6.07) is 11.7. The smallest absolute Gasteiger partial charge is 0.274 e. The Bertz CT molecular complexity index is 929. The first-order valence-electron chi connectivity index (χ1n) is 7.65. The maximum Gasteiger partial charge on any atom is 0.274 e. The number of nitro groups is 1. The standard InChI is InChI=1S/C17H19N3O5S/c1-12-14(10-7-11-15(12)20(22)23)18-17(21)16(19(2)26(3,24)25)13-8-5-4-6-9-13/h4-11,16H,1-3H3,(H,18,21)/t16-/m1/s1. The van der Waals surface area contributed by atoms with Gasteiger partial charge in [-0.2, -0.15) is 4.31 Å². The molecule has 0 fully saturated rings. The molecule has 2 aromatic rings. The summed E-state index contributed by atoms with van der Waals surface area (Å²) < 4.78 is 24.9. The van der Waals surface area contributed by atoms with Gasteiger partial charge in [-0.25, -0.2) is 8.42 Å². The van der Waals surface area contributed by atoms with Crippen molar-refractivity contribution in [3.8, 4) is 0 Å². The van der Waals surface area contributed by atoms with Crippen molar-refractivity contribution in [2.24, 2.45) is 0 Å². The summed E-state index contributed by atoms with van der Waals surface area (Å²) in [4.78, 5) is 23.4. The van der Waals surface area contributed by atoms with Gasteiger partial charge in [-0.1, -0.05) is 36.4 Å². The van der Waals surface area contributed by atoms with Crippen LogP contribution in [0.4, 0.5) is 11.4 Å². The second-order valence-corrected chi connectivity index (χ2v) is 7.83. The second kappa shape index (κ2) is 7.63. The number of nitrogens with one attached hydrogen (secondary N) is 1. The van der Waals surface area contributed by atoms with Crippen LogP contribution in [0, 0.1) is 17.0 Å². The van der Waals surface area contributed by atoms with E-state index in [0.29, 0.717) is 11.1 Å². The summed E-state index contributed by atoms with van der Waals surface area (Å²) in [7, 11) is -2.34. The number of hydrogen-bond acceptors (Lipinski definition) is 5. The quantitative estimate of drug-likeness (QED) is 0.614. The molecule has 0 aliphatic carbocycles. The molecule has 1 amide bonds. The molecular weight excluding hydrogens is 358 g/mol. The molecule has 26 heavy (non-hydrogen) atoms. The van der Waals surface area contributed by atoms with Crippen LogP contribution in [0.15, 0.2) is 48.5 Å². The molecular formula is C17H19N3O5S. The lowest BCUT2D eigenvalue weighted by atomic mass is 10.1. The number of rotatable bonds is 6. The number of nitro benzene ring substituents is 1. The van der Waals surface area contributed by atoms with Gasteiger partial charge in [0.1, 0.15) is 6.04 Å². The normalized spacial score (nSPS) is 12.6. The van der Waals surface area contributed by atoms with Gasteiger partial charge < -0.3 is 5.32 Å². The predicted molar refractivity (Wildman–Crippen MR) is 98.3 cm³/mol. The highest BCUT2D eigenvalue weighted by molar-refractivity contribution is 7.88. The van der Waals surface area contributed by atoms with E-state index >= 15 is 0 Å². The van der Waals surface area contributed by atoms with Crippen molar-refractivity contribution in [2.45, 2.75) is 13.0 Å². The van der Waals surface area contributed by atoms with E-state index in [9.17, 15) is 23.3 Å². The van der Waals surface area contributed by atoms with Gasteiger partial charge in [-0.3, -0.25) is 14.9 Å². The van der Waals surface area contributed by atoms with Crippen LogP contribution in [0.2, 0.25) is 0 Å². The molecule has 1 N–H and O–H groups in total. The summed E-state index contributed by atoms with van der Waals surface area (Å²) in [5.74, 6) is -0.604. The van der Waals surface area contributed by atoms with Gasteiger partial charge in [0.25, 0.3) is 5.69 Å². The molecule has 0 heterocycles. The van der Waals surface area contributed by atoms with E-state index in [1.165, 1.54) is 32.2 Å². The lowest BCUT2D eigenvalue weighted by molar-refractivity contribution is -0.385. The zero-order chi connectivity index (χ0) is 19.5. The van der Waals surface area contributed by atoms with Gasteiger partial charge in [0, 0.05) is 13.1 Å². The number of benzene rings is 2. The van der Waals surface area contributed by atoms with Gasteiger partial charge in [-0.15, -0.1) is 0 Å². The lowest BCUT2D eigenvalue weighted by Crippen LogP contribution is -2.38. The first kappa shape index (κ1) is 19.5. The minimum absolute atomic E-state index is 0.129. The fraction of sp³-hybridized carbons (Fsp3) is 0.235. The van der Waals surface area contributed by atoms with Crippen LogP contribution in [0.3, 0.4) is 0 Å². The van der Waals surface area contributed by atoms with Gasteiger partial charge in [0.15, 0.2) is 0 Å². The molecule has 0 aliphatic rings. The van der Waals surface area contributed by atoms with Crippen LogP contribution < -0.4 is 5.32 Å². The number of likely N-dealkylation sites (N-methyl/N-ethyl adjacent to an activating group) is 1. The average molecular weight is 377 g/mol. The molecule has 0 spiro atoms. The molecule has 9 heteroatoms. The Morgan fingerprint density at radius 1 is 1.15 bits per heavy atom. The Balaban J connectivity index is 2.43. The van der Waals surface area contributed by atoms with E-state index in [1.54, 1.807) is 30.3 Å². The van der Waals surface area contributed by atoms with Crippen molar-refractivity contribution in [1.82, 2.24) is 4.31 Å². The zero-order valence-corrected chi connectivity index (χ0v) is 15.4. The minimum atomic E-state index is -3.65. The Labute approximate surface area is 151 Å². The SMILES string of the molecule is Cc1c(NC(=O)[C@@H](c2ccccc2)N(C)S(C)(=O)=O)cccc1[N+](=O)[O-]. The molecule has 1 atom stereocenters. The number of carbonyl (C=O) groups excluding carboxylic acids is 1. The third-order valence-electron chi connectivity index (χ3n) is 4.01. The molecule has 0 radical (unpaired) electrons. The predicted octanol–water partition coefficient (Wildman–Crippen LogP) is 2.47. The number of carbonyl (C=O) groups is 1. The van der Waals surface area contributed by atoms with E-state index in [0.717, 1.165) is 10.6 Å². The van der Waals surface area contributed by atoms with Crippen molar-refractivity contribution >= 4 is 27.3 Å². The Kier molecular flexibility index (Phi) is 5.73. The van der Waals surface area contributed by atoms with E-state index in [1.807, 2.05) is 0 Å². The maximum atomic E-state index is 12.8. The number of hydrogen-bond donors (Lipinski definition) is 1. The maximum absolute atomic E-state index is 12.8. The van der Waals surface area contributed by atoms with Gasteiger partial charge in [0.2, 0.25) is 15.9 Å². The van der Waals surface area contributed by atoms with Crippen molar-refractivity contribution in [1.29, 1.82) is 0 Å². The number of nitrogens with zero attached hydrogens (tertiary/aromatic N) is 2. The van der Waals surface area contributed by atoms with Crippen molar-refractivity contribution in [2.75, 3.05) is 18.6 Å². The van der Waals surface area contributed by atoms with Crippen LogP contribution in [-0.4, -0.2) is 36.9 Å². The fourth-order valence-electron chi connectivity index (χ4n) is 2.51. The number of sulfonamides is 1. The highest BCUT2D eigenvalue weighted by Gasteiger charge is 2.31. The second-order valence-electron chi connectivity index (χ2n) is 5.79. The van der Waals surface area contributed by atoms with Gasteiger partial charge in [-0.05, 0) is 18.6 Å². The lowest BCUT2D eigenvalue weighted by Gasteiger charge is -2.26. The molecule has 2 rings (SSSR count). The number of anilines is 1. The molecule has 0 unspecified atom stereocenters. The third kappa shape index (κ3) is 4.24. The molecule has 0 saturated heterocycles. The Morgan fingerprint density at radius 2 is 1.77 bits per heavy atom. The summed E-state index contributed by atoms with van der Waals surface area (Å²) in [6.45, 7) is 1.52. The Morgan fingerprint density at radius 3 is 2.31 bits per heavy atom. The molecule has 0 aromatic heterocycles. The molecule has 0 saturated carbocycles. The van der Waals surface area contributed by atoms with Crippen molar-refractivity contribution < 1.29 is 18.1 Å². The third-order valence-corrected chi connectivity index (χ3v) is 5.27. The van der Waals surface area contributed by atoms with Crippen LogP contribution in [0.5, 0.6) is 0 Å². The van der Waals surface area contributed by atoms with E-state index < -0.39 is 26.9 Å². The zero-order valence-electron chi connectivity index (χ0n) is 14.5. The molecule has 0 bridgehead atoms.